The van der Waals surface area contributed by atoms with Crippen LogP contribution in [0.25, 0.3) is 0 Å². The summed E-state index contributed by atoms with van der Waals surface area (Å²) in [7, 11) is 3.01. The van der Waals surface area contributed by atoms with Gasteiger partial charge in [0.05, 0.1) is 26.5 Å². The average Bonchev–Trinajstić information content (AvgIpc) is 3.37. The fourth-order valence-electron chi connectivity index (χ4n) is 3.94. The summed E-state index contributed by atoms with van der Waals surface area (Å²) in [6.07, 6.45) is 1.42. The molecule has 4 rings (SSSR count). The number of hydrogen-bond acceptors (Lipinski definition) is 7. The molecule has 3 aromatic rings. The van der Waals surface area contributed by atoms with E-state index in [1.807, 2.05) is 0 Å². The molecule has 2 aromatic carbocycles. The number of halogens is 4. The van der Waals surface area contributed by atoms with Gasteiger partial charge in [-0.15, -0.1) is 0 Å². The standard InChI is InChI=1S/C25H23ClF3N3O3S/c1-34-17-7-6-16(20(10-17)35-2)13-32(22-5-3-4-21(28)30-22)36-25-18(27)11-19(23(26)24(25)29)31-9-8-15(12-31)14-33/h3-7,10-11,14-15H,8-9,12-13H2,1-2H3. The summed E-state index contributed by atoms with van der Waals surface area (Å²) in [6.45, 7) is 0.871. The molecule has 0 N–H and O–H groups in total. The molecular weight excluding hydrogens is 515 g/mol. The van der Waals surface area contributed by atoms with E-state index in [0.717, 1.165) is 12.4 Å². The summed E-state index contributed by atoms with van der Waals surface area (Å²) in [5, 5.41) is -0.250. The van der Waals surface area contributed by atoms with Crippen LogP contribution in [0, 0.1) is 23.5 Å². The second-order valence-electron chi connectivity index (χ2n) is 8.09. The van der Waals surface area contributed by atoms with Crippen LogP contribution in [-0.2, 0) is 11.3 Å². The van der Waals surface area contributed by atoms with Crippen LogP contribution < -0.4 is 18.7 Å². The first-order chi connectivity index (χ1) is 17.3. The van der Waals surface area contributed by atoms with Crippen molar-refractivity contribution in [3.05, 3.63) is 70.6 Å². The van der Waals surface area contributed by atoms with Gasteiger partial charge in [-0.1, -0.05) is 17.7 Å². The van der Waals surface area contributed by atoms with Gasteiger partial charge in [0.25, 0.3) is 0 Å². The highest BCUT2D eigenvalue weighted by Gasteiger charge is 2.28. The van der Waals surface area contributed by atoms with E-state index in [4.69, 9.17) is 21.1 Å². The van der Waals surface area contributed by atoms with Crippen LogP contribution >= 0.6 is 23.5 Å². The molecule has 0 spiro atoms. The Morgan fingerprint density at radius 2 is 2.00 bits per heavy atom. The number of benzene rings is 2. The van der Waals surface area contributed by atoms with E-state index in [1.165, 1.54) is 36.7 Å². The Hall–Kier alpha value is -3.11. The molecule has 36 heavy (non-hydrogen) atoms. The number of carbonyl (C=O) groups excluding carboxylic acids is 1. The van der Waals surface area contributed by atoms with Gasteiger partial charge in [0.15, 0.2) is 5.82 Å². The maximum Gasteiger partial charge on any atom is 0.214 e. The Bertz CT molecular complexity index is 1270. The number of ether oxygens (including phenoxy) is 2. The first-order valence-corrected chi connectivity index (χ1v) is 12.2. The molecule has 1 aromatic heterocycles. The van der Waals surface area contributed by atoms with Crippen molar-refractivity contribution in [2.45, 2.75) is 17.9 Å². The number of aldehydes is 1. The van der Waals surface area contributed by atoms with Crippen molar-refractivity contribution >= 4 is 41.3 Å². The summed E-state index contributed by atoms with van der Waals surface area (Å²) < 4.78 is 56.8. The number of methoxy groups -OCH3 is 2. The predicted molar refractivity (Wildman–Crippen MR) is 134 cm³/mol. The van der Waals surface area contributed by atoms with Crippen LogP contribution in [0.2, 0.25) is 5.02 Å². The third-order valence-electron chi connectivity index (χ3n) is 5.82. The molecule has 2 heterocycles. The van der Waals surface area contributed by atoms with Crippen molar-refractivity contribution in [3.63, 3.8) is 0 Å². The summed E-state index contributed by atoms with van der Waals surface area (Å²) in [6, 6.07) is 10.4. The Morgan fingerprint density at radius 3 is 2.67 bits per heavy atom. The summed E-state index contributed by atoms with van der Waals surface area (Å²) in [5.41, 5.74) is 0.838. The molecule has 0 saturated carbocycles. The van der Waals surface area contributed by atoms with Crippen molar-refractivity contribution in [2.24, 2.45) is 5.92 Å². The first kappa shape index (κ1) is 26.0. The van der Waals surface area contributed by atoms with E-state index in [1.54, 1.807) is 23.1 Å². The molecule has 1 unspecified atom stereocenters. The maximum atomic E-state index is 15.4. The summed E-state index contributed by atoms with van der Waals surface area (Å²) in [4.78, 5) is 16.3. The quantitative estimate of drug-likeness (QED) is 0.146. The van der Waals surface area contributed by atoms with Gasteiger partial charge in [-0.3, -0.25) is 4.31 Å². The number of hydrogen-bond donors (Lipinski definition) is 0. The third-order valence-corrected chi connectivity index (χ3v) is 7.27. The highest BCUT2D eigenvalue weighted by atomic mass is 35.5. The third kappa shape index (κ3) is 5.49. The topological polar surface area (TPSA) is 54.9 Å². The Labute approximate surface area is 216 Å². The molecule has 190 valence electrons. The van der Waals surface area contributed by atoms with Gasteiger partial charge in [-0.2, -0.15) is 4.39 Å². The van der Waals surface area contributed by atoms with E-state index in [0.29, 0.717) is 48.5 Å². The normalized spacial score (nSPS) is 15.2. The molecular formula is C25H23ClF3N3O3S. The molecule has 0 amide bonds. The second kappa shape index (κ2) is 11.3. The van der Waals surface area contributed by atoms with Gasteiger partial charge >= 0.3 is 0 Å². The molecule has 1 saturated heterocycles. The molecule has 1 atom stereocenters. The van der Waals surface area contributed by atoms with Gasteiger partial charge in [-0.05, 0) is 42.6 Å². The number of nitrogens with zero attached hydrogens (tertiary/aromatic N) is 3. The molecule has 0 aliphatic carbocycles. The van der Waals surface area contributed by atoms with Crippen molar-refractivity contribution in [2.75, 3.05) is 36.5 Å². The van der Waals surface area contributed by atoms with Crippen LogP contribution in [0.1, 0.15) is 12.0 Å². The molecule has 1 fully saturated rings. The molecule has 0 bridgehead atoms. The fourth-order valence-corrected chi connectivity index (χ4v) is 5.21. The fraction of sp³-hybridized carbons (Fsp3) is 0.280. The number of rotatable bonds is 9. The van der Waals surface area contributed by atoms with Gasteiger partial charge in [0, 0.05) is 36.7 Å². The minimum atomic E-state index is -0.950. The Morgan fingerprint density at radius 1 is 1.19 bits per heavy atom. The lowest BCUT2D eigenvalue weighted by Gasteiger charge is -2.25. The molecule has 0 radical (unpaired) electrons. The van der Waals surface area contributed by atoms with Crippen LogP contribution in [0.15, 0.2) is 47.4 Å². The van der Waals surface area contributed by atoms with Crippen molar-refractivity contribution in [1.82, 2.24) is 4.98 Å². The van der Waals surface area contributed by atoms with Crippen molar-refractivity contribution < 1.29 is 27.4 Å². The molecule has 6 nitrogen and oxygen atoms in total. The number of carbonyl (C=O) groups is 1. The summed E-state index contributed by atoms with van der Waals surface area (Å²) >= 11 is 7.03. The van der Waals surface area contributed by atoms with Gasteiger partial charge < -0.3 is 19.2 Å². The lowest BCUT2D eigenvalue weighted by atomic mass is 10.1. The van der Waals surface area contributed by atoms with E-state index in [2.05, 4.69) is 4.98 Å². The zero-order chi connectivity index (χ0) is 25.8. The van der Waals surface area contributed by atoms with Crippen LogP contribution in [-0.4, -0.2) is 38.6 Å². The highest BCUT2D eigenvalue weighted by Crippen LogP contribution is 2.41. The smallest absolute Gasteiger partial charge is 0.214 e. The van der Waals surface area contributed by atoms with Crippen LogP contribution in [0.3, 0.4) is 0 Å². The zero-order valence-corrected chi connectivity index (χ0v) is 21.1. The molecule has 11 heteroatoms. The number of pyridine rings is 1. The predicted octanol–water partition coefficient (Wildman–Crippen LogP) is 5.91. The Balaban J connectivity index is 1.70. The van der Waals surface area contributed by atoms with Crippen LogP contribution in [0.4, 0.5) is 24.7 Å². The number of anilines is 2. The second-order valence-corrected chi connectivity index (χ2v) is 9.50. The minimum absolute atomic E-state index is 0.0691. The van der Waals surface area contributed by atoms with Gasteiger partial charge in [0.2, 0.25) is 5.95 Å². The molecule has 1 aliphatic rings. The SMILES string of the molecule is COc1ccc(CN(Sc2c(F)cc(N3CCC(C=O)C3)c(Cl)c2F)c2cccc(F)n2)c(OC)c1. The monoisotopic (exact) mass is 537 g/mol. The van der Waals surface area contributed by atoms with Crippen molar-refractivity contribution in [1.29, 1.82) is 0 Å². The molecule has 1 aliphatic heterocycles. The first-order valence-electron chi connectivity index (χ1n) is 11.0. The highest BCUT2D eigenvalue weighted by molar-refractivity contribution is 8.00. The maximum absolute atomic E-state index is 15.4. The van der Waals surface area contributed by atoms with Gasteiger partial charge in [0.1, 0.15) is 39.3 Å². The van der Waals surface area contributed by atoms with Crippen molar-refractivity contribution in [3.8, 4) is 11.5 Å². The lowest BCUT2D eigenvalue weighted by molar-refractivity contribution is -0.110. The minimum Gasteiger partial charge on any atom is -0.497 e. The number of aromatic nitrogens is 1. The zero-order valence-electron chi connectivity index (χ0n) is 19.5. The van der Waals surface area contributed by atoms with E-state index < -0.39 is 17.6 Å². The van der Waals surface area contributed by atoms with E-state index >= 15 is 8.78 Å². The Kier molecular flexibility index (Phi) is 8.15. The summed E-state index contributed by atoms with van der Waals surface area (Å²) in [5.74, 6) is -1.56. The lowest BCUT2D eigenvalue weighted by Crippen LogP contribution is -2.21. The largest absolute Gasteiger partial charge is 0.497 e. The van der Waals surface area contributed by atoms with E-state index in [9.17, 15) is 9.18 Å². The average molecular weight is 538 g/mol. The van der Waals surface area contributed by atoms with Crippen LogP contribution in [0.5, 0.6) is 11.5 Å². The van der Waals surface area contributed by atoms with E-state index in [-0.39, 0.29) is 33.9 Å². The van der Waals surface area contributed by atoms with Gasteiger partial charge in [-0.25, -0.2) is 13.8 Å².